The summed E-state index contributed by atoms with van der Waals surface area (Å²) in [5, 5.41) is 6.49. The van der Waals surface area contributed by atoms with E-state index in [9.17, 15) is 4.79 Å². The molecule has 0 radical (unpaired) electrons. The molecule has 2 heterocycles. The number of nitrogens with one attached hydrogen (secondary N) is 2. The van der Waals surface area contributed by atoms with Crippen molar-refractivity contribution in [3.8, 4) is 0 Å². The van der Waals surface area contributed by atoms with E-state index in [1.807, 2.05) is 0 Å². The van der Waals surface area contributed by atoms with Crippen LogP contribution in [0.3, 0.4) is 0 Å². The van der Waals surface area contributed by atoms with Gasteiger partial charge in [-0.25, -0.2) is 0 Å². The Morgan fingerprint density at radius 2 is 2.06 bits per heavy atom. The van der Waals surface area contributed by atoms with Crippen LogP contribution in [-0.4, -0.2) is 25.0 Å². The van der Waals surface area contributed by atoms with Crippen LogP contribution in [0.25, 0.3) is 0 Å². The van der Waals surface area contributed by atoms with E-state index < -0.39 is 0 Å². The molecule has 98 valence electrons. The molecular formula is C14H20N2OS. The van der Waals surface area contributed by atoms with Gasteiger partial charge in [0.1, 0.15) is 0 Å². The van der Waals surface area contributed by atoms with Gasteiger partial charge >= 0.3 is 0 Å². The number of hydrogen-bond donors (Lipinski definition) is 2. The number of amides is 1. The van der Waals surface area contributed by atoms with Gasteiger partial charge in [0.05, 0.1) is 4.88 Å². The molecule has 0 saturated carbocycles. The van der Waals surface area contributed by atoms with Crippen LogP contribution >= 0.6 is 11.3 Å². The van der Waals surface area contributed by atoms with Gasteiger partial charge in [-0.2, -0.15) is 0 Å². The quantitative estimate of drug-likeness (QED) is 0.859. The predicted molar refractivity (Wildman–Crippen MR) is 74.3 cm³/mol. The number of hydrogen-bond acceptors (Lipinski definition) is 3. The molecule has 1 aliphatic carbocycles. The smallest absolute Gasteiger partial charge is 0.261 e. The Balaban J connectivity index is 1.66. The zero-order chi connectivity index (χ0) is 12.4. The van der Waals surface area contributed by atoms with E-state index in [-0.39, 0.29) is 5.91 Å². The summed E-state index contributed by atoms with van der Waals surface area (Å²) in [5.74, 6) is 0.140. The van der Waals surface area contributed by atoms with Crippen molar-refractivity contribution in [3.63, 3.8) is 0 Å². The third kappa shape index (κ3) is 2.59. The van der Waals surface area contributed by atoms with Crippen molar-refractivity contribution in [2.45, 2.75) is 44.6 Å². The van der Waals surface area contributed by atoms with Gasteiger partial charge in [-0.3, -0.25) is 4.79 Å². The van der Waals surface area contributed by atoms with E-state index in [0.29, 0.717) is 6.04 Å². The van der Waals surface area contributed by atoms with Crippen molar-refractivity contribution in [2.24, 2.45) is 0 Å². The van der Waals surface area contributed by atoms with E-state index in [1.165, 1.54) is 29.7 Å². The number of piperidine rings is 1. The predicted octanol–water partition coefficient (Wildman–Crippen LogP) is 2.11. The van der Waals surface area contributed by atoms with Crippen molar-refractivity contribution in [1.82, 2.24) is 10.6 Å². The maximum atomic E-state index is 12.2. The van der Waals surface area contributed by atoms with Gasteiger partial charge in [0.15, 0.2) is 0 Å². The van der Waals surface area contributed by atoms with Gasteiger partial charge in [0.2, 0.25) is 0 Å². The highest BCUT2D eigenvalue weighted by Crippen LogP contribution is 2.29. The van der Waals surface area contributed by atoms with Gasteiger partial charge < -0.3 is 10.6 Å². The second-order valence-electron chi connectivity index (χ2n) is 5.26. The van der Waals surface area contributed by atoms with E-state index >= 15 is 0 Å². The summed E-state index contributed by atoms with van der Waals surface area (Å²) in [6.07, 6.45) is 6.99. The molecule has 4 heteroatoms. The Kier molecular flexibility index (Phi) is 3.66. The summed E-state index contributed by atoms with van der Waals surface area (Å²) in [6, 6.07) is 2.48. The van der Waals surface area contributed by atoms with Crippen molar-refractivity contribution in [3.05, 3.63) is 21.4 Å². The lowest BCUT2D eigenvalue weighted by molar-refractivity contribution is 0.0933. The van der Waals surface area contributed by atoms with E-state index in [2.05, 4.69) is 16.7 Å². The maximum absolute atomic E-state index is 12.2. The van der Waals surface area contributed by atoms with Crippen LogP contribution in [0.5, 0.6) is 0 Å². The van der Waals surface area contributed by atoms with Crippen LogP contribution in [0.2, 0.25) is 0 Å². The van der Waals surface area contributed by atoms with Gasteiger partial charge in [0, 0.05) is 10.9 Å². The largest absolute Gasteiger partial charge is 0.349 e. The van der Waals surface area contributed by atoms with E-state index in [4.69, 9.17) is 0 Å². The zero-order valence-corrected chi connectivity index (χ0v) is 11.4. The van der Waals surface area contributed by atoms with Gasteiger partial charge in [-0.15, -0.1) is 11.3 Å². The van der Waals surface area contributed by atoms with Gasteiger partial charge in [-0.05, 0) is 63.2 Å². The summed E-state index contributed by atoms with van der Waals surface area (Å²) in [6.45, 7) is 2.04. The highest BCUT2D eigenvalue weighted by molar-refractivity contribution is 7.14. The fraction of sp³-hybridized carbons (Fsp3) is 0.643. The molecule has 0 bridgehead atoms. The molecule has 2 aliphatic rings. The molecule has 1 aromatic heterocycles. The van der Waals surface area contributed by atoms with Crippen LogP contribution < -0.4 is 10.6 Å². The molecule has 3 rings (SSSR count). The minimum atomic E-state index is 0.140. The molecular weight excluding hydrogens is 244 g/mol. The fourth-order valence-corrected chi connectivity index (χ4v) is 3.98. The van der Waals surface area contributed by atoms with Crippen molar-refractivity contribution in [1.29, 1.82) is 0 Å². The third-order valence-corrected chi connectivity index (χ3v) is 5.13. The van der Waals surface area contributed by atoms with Crippen LogP contribution in [0.1, 0.15) is 45.8 Å². The molecule has 2 N–H and O–H groups in total. The molecule has 3 nitrogen and oxygen atoms in total. The van der Waals surface area contributed by atoms with Gasteiger partial charge in [-0.1, -0.05) is 0 Å². The molecule has 1 aliphatic heterocycles. The highest BCUT2D eigenvalue weighted by atomic mass is 32.1. The SMILES string of the molecule is O=C(NC1CCNCC1)c1cc2c(s1)CCCC2. The van der Waals surface area contributed by atoms with Crippen molar-refractivity contribution >= 4 is 17.2 Å². The fourth-order valence-electron chi connectivity index (χ4n) is 2.83. The van der Waals surface area contributed by atoms with E-state index in [0.717, 1.165) is 37.2 Å². The average molecular weight is 264 g/mol. The topological polar surface area (TPSA) is 41.1 Å². The first-order chi connectivity index (χ1) is 8.83. The zero-order valence-electron chi connectivity index (χ0n) is 10.6. The highest BCUT2D eigenvalue weighted by Gasteiger charge is 2.20. The first kappa shape index (κ1) is 12.2. The molecule has 0 unspecified atom stereocenters. The Labute approximate surface area is 112 Å². The summed E-state index contributed by atoms with van der Waals surface area (Å²) in [7, 11) is 0. The van der Waals surface area contributed by atoms with E-state index in [1.54, 1.807) is 11.3 Å². The van der Waals surface area contributed by atoms with Crippen molar-refractivity contribution < 1.29 is 4.79 Å². The van der Waals surface area contributed by atoms with Gasteiger partial charge in [0.25, 0.3) is 5.91 Å². The molecule has 0 atom stereocenters. The number of fused-ring (bicyclic) bond motifs is 1. The normalized spacial score (nSPS) is 20.4. The summed E-state index contributed by atoms with van der Waals surface area (Å²) in [4.78, 5) is 14.6. The third-order valence-electron chi connectivity index (χ3n) is 3.89. The number of carbonyl (C=O) groups is 1. The lowest BCUT2D eigenvalue weighted by Crippen LogP contribution is -2.42. The summed E-state index contributed by atoms with van der Waals surface area (Å²) >= 11 is 1.70. The standard InChI is InChI=1S/C14H20N2OS/c17-14(16-11-5-7-15-8-6-11)13-9-10-3-1-2-4-12(10)18-13/h9,11,15H,1-8H2,(H,16,17). The monoisotopic (exact) mass is 264 g/mol. The minimum absolute atomic E-state index is 0.140. The Morgan fingerprint density at radius 1 is 1.28 bits per heavy atom. The first-order valence-electron chi connectivity index (χ1n) is 6.96. The van der Waals surface area contributed by atoms with Crippen LogP contribution in [0, 0.1) is 0 Å². The molecule has 0 spiro atoms. The Hall–Kier alpha value is -0.870. The molecule has 0 aromatic carbocycles. The maximum Gasteiger partial charge on any atom is 0.261 e. The Morgan fingerprint density at radius 3 is 2.83 bits per heavy atom. The lowest BCUT2D eigenvalue weighted by Gasteiger charge is -2.23. The molecule has 1 fully saturated rings. The van der Waals surface area contributed by atoms with Crippen LogP contribution in [0.15, 0.2) is 6.07 Å². The van der Waals surface area contributed by atoms with Crippen LogP contribution in [0.4, 0.5) is 0 Å². The van der Waals surface area contributed by atoms with Crippen molar-refractivity contribution in [2.75, 3.05) is 13.1 Å². The number of aryl methyl sites for hydroxylation is 2. The second kappa shape index (κ2) is 5.41. The molecule has 1 amide bonds. The second-order valence-corrected chi connectivity index (χ2v) is 6.40. The first-order valence-corrected chi connectivity index (χ1v) is 7.78. The number of rotatable bonds is 2. The molecule has 1 saturated heterocycles. The molecule has 18 heavy (non-hydrogen) atoms. The van der Waals surface area contributed by atoms with Crippen LogP contribution in [-0.2, 0) is 12.8 Å². The summed E-state index contributed by atoms with van der Waals surface area (Å²) in [5.41, 5.74) is 1.42. The summed E-state index contributed by atoms with van der Waals surface area (Å²) < 4.78 is 0. The molecule has 1 aromatic rings. The number of thiophene rings is 1. The number of carbonyl (C=O) groups excluding carboxylic acids is 1. The lowest BCUT2D eigenvalue weighted by atomic mass is 9.99. The Bertz CT molecular complexity index is 412. The minimum Gasteiger partial charge on any atom is -0.349 e. The average Bonchev–Trinajstić information content (AvgIpc) is 2.84.